The Morgan fingerprint density at radius 3 is 2.12 bits per heavy atom. The number of rotatable bonds is 10. The summed E-state index contributed by atoms with van der Waals surface area (Å²) in [7, 11) is 3.24. The average molecular weight is 547 g/mol. The number of hydrogen-bond acceptors (Lipinski definition) is 8. The molecule has 2 aromatic rings. The van der Waals surface area contributed by atoms with Gasteiger partial charge in [-0.2, -0.15) is 0 Å². The van der Waals surface area contributed by atoms with Crippen LogP contribution in [0.4, 0.5) is 5.69 Å². The largest absolute Gasteiger partial charge is 0.493 e. The molecule has 3 aliphatic rings. The van der Waals surface area contributed by atoms with Crippen molar-refractivity contribution in [1.29, 1.82) is 0 Å². The Labute approximate surface area is 233 Å². The van der Waals surface area contributed by atoms with Gasteiger partial charge in [0.2, 0.25) is 0 Å². The van der Waals surface area contributed by atoms with Crippen LogP contribution < -0.4 is 9.47 Å². The summed E-state index contributed by atoms with van der Waals surface area (Å²) in [6, 6.07) is 11.8. The summed E-state index contributed by atoms with van der Waals surface area (Å²) >= 11 is 0. The van der Waals surface area contributed by atoms with Gasteiger partial charge in [0.15, 0.2) is 23.1 Å². The Bertz CT molecular complexity index is 1330. The molecule has 2 aromatic carbocycles. The molecule has 0 amide bonds. The maximum atomic E-state index is 13.5. The molecule has 0 aromatic heterocycles. The molecule has 210 valence electrons. The van der Waals surface area contributed by atoms with E-state index in [4.69, 9.17) is 14.2 Å². The Morgan fingerprint density at radius 2 is 1.55 bits per heavy atom. The quantitative estimate of drug-likeness (QED) is 0.214. The van der Waals surface area contributed by atoms with Crippen LogP contribution in [-0.4, -0.2) is 48.8 Å². The van der Waals surface area contributed by atoms with E-state index in [2.05, 4.69) is 4.90 Å². The van der Waals surface area contributed by atoms with Crippen molar-refractivity contribution in [3.63, 3.8) is 0 Å². The number of nitro benzene ring substituents is 1. The molecular weight excluding hydrogens is 512 g/mol. The first-order valence-corrected chi connectivity index (χ1v) is 13.8. The summed E-state index contributed by atoms with van der Waals surface area (Å²) < 4.78 is 17.0. The molecule has 2 aliphatic carbocycles. The van der Waals surface area contributed by atoms with Gasteiger partial charge in [0.1, 0.15) is 6.61 Å². The van der Waals surface area contributed by atoms with E-state index in [1.165, 1.54) is 12.1 Å². The third kappa shape index (κ3) is 5.38. The predicted molar refractivity (Wildman–Crippen MR) is 148 cm³/mol. The number of ether oxygens (including phenoxy) is 3. The Kier molecular flexibility index (Phi) is 8.30. The maximum Gasteiger partial charge on any atom is 0.269 e. The number of Topliss-reactive ketones (excluding diaryl/α,β-unsaturated/α-hetero) is 2. The normalized spacial score (nSPS) is 17.6. The second-order valence-corrected chi connectivity index (χ2v) is 10.3. The van der Waals surface area contributed by atoms with Gasteiger partial charge in [0, 0.05) is 73.7 Å². The molecule has 0 N–H and O–H groups in total. The summed E-state index contributed by atoms with van der Waals surface area (Å²) in [5.74, 6) is 0.783. The lowest BCUT2D eigenvalue weighted by Crippen LogP contribution is -2.39. The van der Waals surface area contributed by atoms with Gasteiger partial charge in [0.05, 0.1) is 12.0 Å². The summed E-state index contributed by atoms with van der Waals surface area (Å²) in [5.41, 5.74) is 5.20. The number of nitrogens with zero attached hydrogens (tertiary/aromatic N) is 2. The smallest absolute Gasteiger partial charge is 0.269 e. The molecule has 9 nitrogen and oxygen atoms in total. The van der Waals surface area contributed by atoms with Gasteiger partial charge in [0.25, 0.3) is 5.69 Å². The first kappa shape index (κ1) is 27.6. The molecule has 0 atom stereocenters. The standard InChI is InChI=1S/C31H34N2O7/c1-38-17-5-16-32-23-6-3-8-25(34)30(23)29(31-24(32)7-4-9-26(31)35)21-12-15-27(28(18-21)39-2)40-19-20-10-13-22(14-11-20)33(36)37/h10-15,18,29H,3-9,16-17,19H2,1-2H3. The minimum Gasteiger partial charge on any atom is -0.493 e. The van der Waals surface area contributed by atoms with Crippen molar-refractivity contribution in [3.8, 4) is 11.5 Å². The summed E-state index contributed by atoms with van der Waals surface area (Å²) in [4.78, 5) is 39.7. The number of carbonyl (C=O) groups excluding carboxylic acids is 2. The third-order valence-electron chi connectivity index (χ3n) is 7.88. The molecule has 40 heavy (non-hydrogen) atoms. The number of methoxy groups -OCH3 is 2. The van der Waals surface area contributed by atoms with E-state index in [0.29, 0.717) is 30.9 Å². The fourth-order valence-corrected chi connectivity index (χ4v) is 6.04. The van der Waals surface area contributed by atoms with E-state index < -0.39 is 10.8 Å². The second-order valence-electron chi connectivity index (χ2n) is 10.3. The molecule has 1 heterocycles. The Balaban J connectivity index is 1.49. The number of benzene rings is 2. The van der Waals surface area contributed by atoms with Gasteiger partial charge in [-0.05, 0) is 67.5 Å². The van der Waals surface area contributed by atoms with E-state index >= 15 is 0 Å². The molecule has 0 saturated carbocycles. The van der Waals surface area contributed by atoms with Crippen LogP contribution in [0.25, 0.3) is 0 Å². The fourth-order valence-electron chi connectivity index (χ4n) is 6.04. The number of allylic oxidation sites excluding steroid dienone is 4. The minimum absolute atomic E-state index is 0.0206. The molecule has 0 radical (unpaired) electrons. The van der Waals surface area contributed by atoms with E-state index in [1.54, 1.807) is 26.4 Å². The van der Waals surface area contributed by atoms with Gasteiger partial charge >= 0.3 is 0 Å². The number of ketones is 2. The first-order chi connectivity index (χ1) is 19.4. The van der Waals surface area contributed by atoms with E-state index in [9.17, 15) is 19.7 Å². The molecule has 0 unspecified atom stereocenters. The number of non-ortho nitro benzene ring substituents is 1. The highest BCUT2D eigenvalue weighted by Gasteiger charge is 2.43. The van der Waals surface area contributed by atoms with Crippen LogP contribution in [0.3, 0.4) is 0 Å². The van der Waals surface area contributed by atoms with Gasteiger partial charge in [-0.1, -0.05) is 6.07 Å². The third-order valence-corrected chi connectivity index (χ3v) is 7.88. The Morgan fingerprint density at radius 1 is 0.900 bits per heavy atom. The molecule has 5 rings (SSSR count). The van der Waals surface area contributed by atoms with Crippen LogP contribution in [0.5, 0.6) is 11.5 Å². The lowest BCUT2D eigenvalue weighted by Gasteiger charge is -2.44. The number of hydrogen-bond donors (Lipinski definition) is 0. The highest BCUT2D eigenvalue weighted by atomic mass is 16.6. The highest BCUT2D eigenvalue weighted by molar-refractivity contribution is 6.06. The zero-order valence-electron chi connectivity index (χ0n) is 22.9. The van der Waals surface area contributed by atoms with E-state index in [0.717, 1.165) is 72.3 Å². The average Bonchev–Trinajstić information content (AvgIpc) is 2.96. The SMILES string of the molecule is COCCCN1C2=C(C(=O)CCC2)C(c2ccc(OCc3ccc([N+](=O)[O-])cc3)c(OC)c2)C2=C1CCCC2=O. The van der Waals surface area contributed by atoms with Crippen LogP contribution in [-0.2, 0) is 20.9 Å². The predicted octanol–water partition coefficient (Wildman–Crippen LogP) is 5.63. The van der Waals surface area contributed by atoms with E-state index in [-0.39, 0.29) is 23.9 Å². The van der Waals surface area contributed by atoms with Gasteiger partial charge in [-0.15, -0.1) is 0 Å². The highest BCUT2D eigenvalue weighted by Crippen LogP contribution is 2.50. The van der Waals surface area contributed by atoms with Crippen molar-refractivity contribution in [2.45, 2.75) is 57.5 Å². The van der Waals surface area contributed by atoms with Crippen LogP contribution >= 0.6 is 0 Å². The van der Waals surface area contributed by atoms with Crippen LogP contribution in [0.15, 0.2) is 65.0 Å². The lowest BCUT2D eigenvalue weighted by molar-refractivity contribution is -0.384. The fraction of sp³-hybridized carbons (Fsp3) is 0.419. The van der Waals surface area contributed by atoms with E-state index in [1.807, 2.05) is 18.2 Å². The van der Waals surface area contributed by atoms with Crippen LogP contribution in [0, 0.1) is 10.1 Å². The van der Waals surface area contributed by atoms with Crippen molar-refractivity contribution in [2.24, 2.45) is 0 Å². The van der Waals surface area contributed by atoms with Crippen LogP contribution in [0.1, 0.15) is 62.0 Å². The Hall–Kier alpha value is -3.98. The van der Waals surface area contributed by atoms with Gasteiger partial charge < -0.3 is 19.1 Å². The summed E-state index contributed by atoms with van der Waals surface area (Å²) in [5, 5.41) is 10.9. The molecule has 0 bridgehead atoms. The van der Waals surface area contributed by atoms with Crippen molar-refractivity contribution in [3.05, 3.63) is 86.2 Å². The zero-order chi connectivity index (χ0) is 28.2. The summed E-state index contributed by atoms with van der Waals surface area (Å²) in [6.07, 6.45) is 5.00. The maximum absolute atomic E-state index is 13.5. The number of carbonyl (C=O) groups is 2. The molecule has 9 heteroatoms. The van der Waals surface area contributed by atoms with Crippen molar-refractivity contribution in [2.75, 3.05) is 27.4 Å². The topological polar surface area (TPSA) is 108 Å². The lowest BCUT2D eigenvalue weighted by atomic mass is 9.71. The number of nitro groups is 1. The monoisotopic (exact) mass is 546 g/mol. The van der Waals surface area contributed by atoms with Gasteiger partial charge in [-0.25, -0.2) is 0 Å². The van der Waals surface area contributed by atoms with Gasteiger partial charge in [-0.3, -0.25) is 19.7 Å². The molecule has 0 spiro atoms. The zero-order valence-corrected chi connectivity index (χ0v) is 22.9. The molecule has 0 fully saturated rings. The summed E-state index contributed by atoms with van der Waals surface area (Å²) in [6.45, 7) is 1.54. The first-order valence-electron chi connectivity index (χ1n) is 13.8. The van der Waals surface area contributed by atoms with Crippen molar-refractivity contribution in [1.82, 2.24) is 4.90 Å². The van der Waals surface area contributed by atoms with Crippen molar-refractivity contribution >= 4 is 17.3 Å². The van der Waals surface area contributed by atoms with Crippen molar-refractivity contribution < 1.29 is 28.7 Å². The molecule has 0 saturated heterocycles. The van der Waals surface area contributed by atoms with Crippen LogP contribution in [0.2, 0.25) is 0 Å². The minimum atomic E-state index is -0.438. The second kappa shape index (κ2) is 12.0. The molecule has 1 aliphatic heterocycles. The molecular formula is C31H34N2O7.